The molecule has 3 heteroatoms. The van der Waals surface area contributed by atoms with E-state index in [0.29, 0.717) is 0 Å². The van der Waals surface area contributed by atoms with Crippen LogP contribution in [-0.2, 0) is 0 Å². The van der Waals surface area contributed by atoms with Gasteiger partial charge in [-0.25, -0.2) is 4.39 Å². The topological polar surface area (TPSA) is 8.17 Å². The first-order chi connectivity index (χ1) is 28.1. The molecule has 0 atom stereocenters. The van der Waals surface area contributed by atoms with Crippen LogP contribution in [0.3, 0.4) is 0 Å². The van der Waals surface area contributed by atoms with Gasteiger partial charge in [0.15, 0.2) is 0 Å². The Bertz CT molecular complexity index is 3280. The van der Waals surface area contributed by atoms with E-state index in [4.69, 9.17) is 0 Å². The average molecular weight is 731 g/mol. The molecule has 0 N–H and O–H groups in total. The van der Waals surface area contributed by atoms with Crippen LogP contribution in [0.15, 0.2) is 182 Å². The van der Waals surface area contributed by atoms with Crippen molar-refractivity contribution in [1.29, 1.82) is 0 Å². The van der Waals surface area contributed by atoms with Crippen LogP contribution in [0.2, 0.25) is 0 Å². The van der Waals surface area contributed by atoms with E-state index in [1.807, 2.05) is 12.1 Å². The van der Waals surface area contributed by atoms with E-state index < -0.39 is 0 Å². The summed E-state index contributed by atoms with van der Waals surface area (Å²) in [5.41, 5.74) is 20.4. The lowest BCUT2D eigenvalue weighted by Crippen LogP contribution is -2.11. The van der Waals surface area contributed by atoms with Gasteiger partial charge >= 0.3 is 0 Å². The zero-order valence-electron chi connectivity index (χ0n) is 31.3. The third-order valence-electron chi connectivity index (χ3n) is 12.3. The van der Waals surface area contributed by atoms with Crippen LogP contribution in [0, 0.1) is 12.7 Å². The third kappa shape index (κ3) is 4.82. The number of halogens is 1. The molecular formula is C54H35FN2. The summed E-state index contributed by atoms with van der Waals surface area (Å²) in [5.74, 6) is -0.246. The summed E-state index contributed by atoms with van der Waals surface area (Å²) in [6.07, 6.45) is 7.74. The molecule has 0 saturated heterocycles. The van der Waals surface area contributed by atoms with Gasteiger partial charge in [-0.05, 0) is 152 Å². The molecule has 8 aromatic carbocycles. The van der Waals surface area contributed by atoms with Crippen molar-refractivity contribution < 1.29 is 4.39 Å². The Morgan fingerprint density at radius 2 is 1.21 bits per heavy atom. The van der Waals surface area contributed by atoms with E-state index >= 15 is 0 Å². The third-order valence-corrected chi connectivity index (χ3v) is 12.3. The number of aryl methyl sites for hydroxylation is 1. The Kier molecular flexibility index (Phi) is 6.82. The van der Waals surface area contributed by atoms with E-state index in [9.17, 15) is 4.39 Å². The number of allylic oxidation sites excluding steroid dienone is 6. The Morgan fingerprint density at radius 3 is 2.09 bits per heavy atom. The molecule has 0 fully saturated rings. The van der Waals surface area contributed by atoms with Crippen molar-refractivity contribution in [3.63, 3.8) is 0 Å². The molecule has 0 amide bonds. The summed E-state index contributed by atoms with van der Waals surface area (Å²) in [4.78, 5) is 2.40. The zero-order valence-corrected chi connectivity index (χ0v) is 31.3. The van der Waals surface area contributed by atoms with Crippen LogP contribution in [0.4, 0.5) is 21.5 Å². The largest absolute Gasteiger partial charge is 0.310 e. The fourth-order valence-electron chi connectivity index (χ4n) is 9.70. The monoisotopic (exact) mass is 730 g/mol. The van der Waals surface area contributed by atoms with Gasteiger partial charge in [0.2, 0.25) is 0 Å². The van der Waals surface area contributed by atoms with E-state index in [-0.39, 0.29) is 5.82 Å². The van der Waals surface area contributed by atoms with Crippen LogP contribution in [0.5, 0.6) is 0 Å². The number of nitrogens with zero attached hydrogens (tertiary/aromatic N) is 2. The lowest BCUT2D eigenvalue weighted by molar-refractivity contribution is 0.627. The quantitative estimate of drug-likeness (QED) is 0.175. The maximum Gasteiger partial charge on any atom is 0.123 e. The maximum absolute atomic E-state index is 14.3. The van der Waals surface area contributed by atoms with Gasteiger partial charge in [0.25, 0.3) is 0 Å². The van der Waals surface area contributed by atoms with Gasteiger partial charge in [-0.2, -0.15) is 0 Å². The second-order valence-electron chi connectivity index (χ2n) is 15.5. The highest BCUT2D eigenvalue weighted by Crippen LogP contribution is 2.54. The lowest BCUT2D eigenvalue weighted by Gasteiger charge is -2.28. The van der Waals surface area contributed by atoms with E-state index in [1.165, 1.54) is 77.4 Å². The average Bonchev–Trinajstić information content (AvgIpc) is 3.41. The molecule has 0 unspecified atom stereocenters. The minimum Gasteiger partial charge on any atom is -0.310 e. The van der Waals surface area contributed by atoms with Crippen molar-refractivity contribution in [2.24, 2.45) is 0 Å². The van der Waals surface area contributed by atoms with Gasteiger partial charge in [-0.3, -0.25) is 0 Å². The molecule has 12 rings (SSSR count). The normalized spacial score (nSPS) is 13.7. The van der Waals surface area contributed by atoms with Gasteiger partial charge < -0.3 is 9.47 Å². The first kappa shape index (κ1) is 32.1. The summed E-state index contributed by atoms with van der Waals surface area (Å²) < 4.78 is 16.6. The summed E-state index contributed by atoms with van der Waals surface area (Å²) in [6, 6.07) is 58.4. The van der Waals surface area contributed by atoms with Gasteiger partial charge in [0.05, 0.1) is 11.0 Å². The van der Waals surface area contributed by atoms with Crippen molar-refractivity contribution in [3.05, 3.63) is 210 Å². The molecule has 0 aliphatic heterocycles. The van der Waals surface area contributed by atoms with Gasteiger partial charge in [0, 0.05) is 33.5 Å². The molecule has 57 heavy (non-hydrogen) atoms. The highest BCUT2D eigenvalue weighted by Gasteiger charge is 2.31. The standard InChI is InChI=1S/C54H35FN2/c1-33-16-25-46-47-27-24-41(32-53(47)57(52(46)28-33)38-21-18-37(55)19-22-38)56(39-20-17-34-8-2-3-9-35(34)29-39)40-23-26-42-36-10-6-13-45-49-15-7-14-48(54(49)51(42)31-40)43-11-4-5-12-44(43)50(45)30-36/h2-29,31-32H,30H2,1H3. The smallest absolute Gasteiger partial charge is 0.123 e. The molecule has 6 bridgehead atoms. The molecule has 9 aromatic rings. The first-order valence-corrected chi connectivity index (χ1v) is 19.7. The summed E-state index contributed by atoms with van der Waals surface area (Å²) in [7, 11) is 0. The van der Waals surface area contributed by atoms with Gasteiger partial charge in [-0.1, -0.05) is 115 Å². The molecule has 0 spiro atoms. The fourth-order valence-corrected chi connectivity index (χ4v) is 9.70. The van der Waals surface area contributed by atoms with Crippen LogP contribution < -0.4 is 4.90 Å². The number of hydrogen-bond acceptors (Lipinski definition) is 1. The van der Waals surface area contributed by atoms with Crippen LogP contribution in [0.1, 0.15) is 28.7 Å². The van der Waals surface area contributed by atoms with Crippen LogP contribution in [-0.4, -0.2) is 4.57 Å². The summed E-state index contributed by atoms with van der Waals surface area (Å²) >= 11 is 0. The molecule has 1 aromatic heterocycles. The predicted molar refractivity (Wildman–Crippen MR) is 237 cm³/mol. The van der Waals surface area contributed by atoms with Crippen molar-refractivity contribution in [2.75, 3.05) is 4.90 Å². The predicted octanol–water partition coefficient (Wildman–Crippen LogP) is 14.8. The Hall–Kier alpha value is -7.23. The lowest BCUT2D eigenvalue weighted by atomic mass is 9.82. The number of aromatic nitrogens is 1. The van der Waals surface area contributed by atoms with Crippen molar-refractivity contribution in [3.8, 4) is 27.9 Å². The molecule has 2 nitrogen and oxygen atoms in total. The molecule has 1 heterocycles. The number of fused-ring (bicyclic) bond motifs is 9. The highest BCUT2D eigenvalue weighted by molar-refractivity contribution is 6.14. The Balaban J connectivity index is 1.14. The van der Waals surface area contributed by atoms with E-state index in [1.54, 1.807) is 12.1 Å². The second kappa shape index (κ2) is 12.1. The fraction of sp³-hybridized carbons (Fsp3) is 0.0370. The van der Waals surface area contributed by atoms with Crippen molar-refractivity contribution >= 4 is 66.4 Å². The summed E-state index contributed by atoms with van der Waals surface area (Å²) in [5, 5.41) is 4.71. The zero-order chi connectivity index (χ0) is 37.8. The van der Waals surface area contributed by atoms with Crippen molar-refractivity contribution in [2.45, 2.75) is 13.3 Å². The molecule has 0 radical (unpaired) electrons. The van der Waals surface area contributed by atoms with E-state index in [0.717, 1.165) is 45.6 Å². The maximum atomic E-state index is 14.3. The number of benzene rings is 8. The van der Waals surface area contributed by atoms with Crippen molar-refractivity contribution in [1.82, 2.24) is 4.57 Å². The molecule has 3 aliphatic carbocycles. The second-order valence-corrected chi connectivity index (χ2v) is 15.5. The Labute approximate surface area is 330 Å². The van der Waals surface area contributed by atoms with Crippen LogP contribution >= 0.6 is 0 Å². The molecule has 3 aliphatic rings. The van der Waals surface area contributed by atoms with Gasteiger partial charge in [0.1, 0.15) is 5.82 Å². The van der Waals surface area contributed by atoms with E-state index in [2.05, 4.69) is 174 Å². The highest BCUT2D eigenvalue weighted by atomic mass is 19.1. The number of rotatable bonds is 4. The number of anilines is 3. The first-order valence-electron chi connectivity index (χ1n) is 19.7. The Morgan fingerprint density at radius 1 is 0.526 bits per heavy atom. The van der Waals surface area contributed by atoms with Crippen LogP contribution in [0.25, 0.3) is 77.2 Å². The SMILES string of the molecule is Cc1ccc2c3ccc(N(c4ccc5c(c4)-c4c6cccc4-c4ccccc4C4=C6C=CC=C5C4)c4ccc5ccccc5c4)cc3n(-c3ccc(F)cc3)c2c1. The minimum atomic E-state index is -0.246. The number of hydrogen-bond donors (Lipinski definition) is 0. The molecule has 0 saturated carbocycles. The van der Waals surface area contributed by atoms with Gasteiger partial charge in [-0.15, -0.1) is 0 Å². The molecular weight excluding hydrogens is 696 g/mol. The minimum absolute atomic E-state index is 0.246. The summed E-state index contributed by atoms with van der Waals surface area (Å²) in [6.45, 7) is 2.12. The molecule has 268 valence electrons.